The van der Waals surface area contributed by atoms with Gasteiger partial charge in [-0.2, -0.15) is 5.10 Å². The third-order valence-electron chi connectivity index (χ3n) is 9.33. The van der Waals surface area contributed by atoms with Crippen LogP contribution in [-0.2, 0) is 4.79 Å². The van der Waals surface area contributed by atoms with Crippen LogP contribution in [0.4, 0.5) is 5.69 Å². The molecule has 3 aromatic rings. The van der Waals surface area contributed by atoms with E-state index in [0.717, 1.165) is 67.4 Å². The predicted octanol–water partition coefficient (Wildman–Crippen LogP) is 6.46. The monoisotopic (exact) mass is 542 g/mol. The summed E-state index contributed by atoms with van der Waals surface area (Å²) in [5.41, 5.74) is 5.56. The van der Waals surface area contributed by atoms with Crippen LogP contribution in [-0.4, -0.2) is 45.5 Å². The number of aliphatic hydroxyl groups is 1. The highest BCUT2D eigenvalue weighted by molar-refractivity contribution is 5.95. The fraction of sp³-hybridized carbons (Fsp3) is 0.545. The van der Waals surface area contributed by atoms with Crippen LogP contribution in [0.2, 0.25) is 0 Å². The number of methoxy groups -OCH3 is 1. The number of rotatable bonds is 8. The fourth-order valence-corrected chi connectivity index (χ4v) is 6.70. The topological polar surface area (TPSA) is 80.5 Å². The molecule has 2 heterocycles. The van der Waals surface area contributed by atoms with Crippen molar-refractivity contribution >= 4 is 11.6 Å². The molecular weight excluding hydrogens is 500 g/mol. The van der Waals surface area contributed by atoms with E-state index in [4.69, 9.17) is 4.74 Å². The normalized spacial score (nSPS) is 25.0. The molecule has 0 aliphatic heterocycles. The van der Waals surface area contributed by atoms with E-state index in [2.05, 4.69) is 63.1 Å². The zero-order valence-electron chi connectivity index (χ0n) is 23.8. The number of amides is 1. The number of aryl methyl sites for hydroxylation is 1. The van der Waals surface area contributed by atoms with Gasteiger partial charge in [-0.05, 0) is 112 Å². The molecule has 1 amide bonds. The number of nitrogens with zero attached hydrogens (tertiary/aromatic N) is 4. The zero-order chi connectivity index (χ0) is 27.6. The van der Waals surface area contributed by atoms with E-state index in [0.29, 0.717) is 36.6 Å². The van der Waals surface area contributed by atoms with Gasteiger partial charge in [-0.15, -0.1) is 0 Å². The molecule has 0 saturated heterocycles. The number of hydrogen-bond donors (Lipinski definition) is 1. The number of pyridine rings is 1. The van der Waals surface area contributed by atoms with Crippen LogP contribution in [0, 0.1) is 18.8 Å². The summed E-state index contributed by atoms with van der Waals surface area (Å²) < 4.78 is 7.43. The van der Waals surface area contributed by atoms with Gasteiger partial charge in [0.15, 0.2) is 0 Å². The summed E-state index contributed by atoms with van der Waals surface area (Å²) in [6.07, 6.45) is 15.6. The second kappa shape index (κ2) is 11.7. The Morgan fingerprint density at radius 1 is 1.00 bits per heavy atom. The smallest absolute Gasteiger partial charge is 0.230 e. The molecule has 0 atom stereocenters. The SMILES string of the molecule is COc1ncc(C2CCC(CN(C(=O)C3CCC(O)CC3)c3cccc(-c4cnn(C5CC5)c4)c3)CC2)cc1C. The maximum Gasteiger partial charge on any atom is 0.230 e. The first-order valence-electron chi connectivity index (χ1n) is 15.1. The minimum Gasteiger partial charge on any atom is -0.481 e. The molecular formula is C33H42N4O3. The number of anilines is 1. The first kappa shape index (κ1) is 27.0. The molecule has 0 bridgehead atoms. The molecule has 6 rings (SSSR count). The molecule has 0 spiro atoms. The molecule has 1 aromatic carbocycles. The average molecular weight is 543 g/mol. The first-order valence-corrected chi connectivity index (χ1v) is 15.1. The number of ether oxygens (including phenoxy) is 1. The minimum absolute atomic E-state index is 0.0191. The van der Waals surface area contributed by atoms with Crippen LogP contribution in [0.3, 0.4) is 0 Å². The van der Waals surface area contributed by atoms with E-state index in [1.807, 2.05) is 12.4 Å². The van der Waals surface area contributed by atoms with Crippen molar-refractivity contribution in [1.82, 2.24) is 14.8 Å². The number of carbonyl (C=O) groups excluding carboxylic acids is 1. The molecule has 3 aliphatic carbocycles. The van der Waals surface area contributed by atoms with E-state index in [-0.39, 0.29) is 17.9 Å². The zero-order valence-corrected chi connectivity index (χ0v) is 23.8. The summed E-state index contributed by atoms with van der Waals surface area (Å²) in [5, 5.41) is 14.6. The number of hydrogen-bond acceptors (Lipinski definition) is 5. The lowest BCUT2D eigenvalue weighted by molar-refractivity contribution is -0.124. The van der Waals surface area contributed by atoms with Crippen molar-refractivity contribution in [1.29, 1.82) is 0 Å². The molecule has 0 unspecified atom stereocenters. The third-order valence-corrected chi connectivity index (χ3v) is 9.33. The Morgan fingerprint density at radius 3 is 2.48 bits per heavy atom. The lowest BCUT2D eigenvalue weighted by Gasteiger charge is -2.36. The Balaban J connectivity index is 1.19. The van der Waals surface area contributed by atoms with E-state index >= 15 is 0 Å². The minimum atomic E-state index is -0.268. The Hall–Kier alpha value is -3.19. The van der Waals surface area contributed by atoms with E-state index in [1.54, 1.807) is 7.11 Å². The van der Waals surface area contributed by atoms with Gasteiger partial charge in [-0.1, -0.05) is 12.1 Å². The summed E-state index contributed by atoms with van der Waals surface area (Å²) in [5.74, 6) is 1.86. The van der Waals surface area contributed by atoms with Gasteiger partial charge < -0.3 is 14.7 Å². The second-order valence-corrected chi connectivity index (χ2v) is 12.3. The van der Waals surface area contributed by atoms with Crippen LogP contribution in [0.1, 0.15) is 87.3 Å². The highest BCUT2D eigenvalue weighted by atomic mass is 16.5. The van der Waals surface area contributed by atoms with Crippen molar-refractivity contribution in [3.8, 4) is 17.0 Å². The number of aliphatic hydroxyl groups excluding tert-OH is 1. The molecule has 7 nitrogen and oxygen atoms in total. The van der Waals surface area contributed by atoms with Crippen LogP contribution >= 0.6 is 0 Å². The molecule has 3 fully saturated rings. The quantitative estimate of drug-likeness (QED) is 0.354. The Morgan fingerprint density at radius 2 is 1.77 bits per heavy atom. The summed E-state index contributed by atoms with van der Waals surface area (Å²) >= 11 is 0. The molecule has 0 radical (unpaired) electrons. The van der Waals surface area contributed by atoms with Gasteiger partial charge in [-0.25, -0.2) is 4.98 Å². The largest absolute Gasteiger partial charge is 0.481 e. The molecule has 2 aromatic heterocycles. The predicted molar refractivity (Wildman–Crippen MR) is 156 cm³/mol. The highest BCUT2D eigenvalue weighted by Crippen LogP contribution is 2.39. The van der Waals surface area contributed by atoms with Crippen molar-refractivity contribution in [3.05, 3.63) is 60.0 Å². The van der Waals surface area contributed by atoms with Crippen LogP contribution in [0.15, 0.2) is 48.9 Å². The third kappa shape index (κ3) is 5.95. The van der Waals surface area contributed by atoms with Gasteiger partial charge in [-0.3, -0.25) is 9.48 Å². The van der Waals surface area contributed by atoms with Crippen molar-refractivity contribution in [2.24, 2.45) is 11.8 Å². The Labute approximate surface area is 237 Å². The molecule has 212 valence electrons. The second-order valence-electron chi connectivity index (χ2n) is 12.3. The van der Waals surface area contributed by atoms with Crippen molar-refractivity contribution in [2.45, 2.75) is 89.2 Å². The van der Waals surface area contributed by atoms with Crippen LogP contribution in [0.5, 0.6) is 5.88 Å². The summed E-state index contributed by atoms with van der Waals surface area (Å²) in [6, 6.07) is 11.2. The van der Waals surface area contributed by atoms with Gasteiger partial charge >= 0.3 is 0 Å². The fourth-order valence-electron chi connectivity index (χ4n) is 6.70. The summed E-state index contributed by atoms with van der Waals surface area (Å²) in [4.78, 5) is 20.6. The molecule has 40 heavy (non-hydrogen) atoms. The Kier molecular flexibility index (Phi) is 7.92. The van der Waals surface area contributed by atoms with Gasteiger partial charge in [0, 0.05) is 41.7 Å². The summed E-state index contributed by atoms with van der Waals surface area (Å²) in [7, 11) is 1.67. The van der Waals surface area contributed by atoms with Crippen LogP contribution < -0.4 is 9.64 Å². The van der Waals surface area contributed by atoms with E-state index < -0.39 is 0 Å². The molecule has 3 aliphatic rings. The van der Waals surface area contributed by atoms with Crippen molar-refractivity contribution < 1.29 is 14.6 Å². The molecule has 1 N–H and O–H groups in total. The highest BCUT2D eigenvalue weighted by Gasteiger charge is 2.32. The number of aromatic nitrogens is 3. The van der Waals surface area contributed by atoms with Gasteiger partial charge in [0.05, 0.1) is 25.5 Å². The number of carbonyl (C=O) groups is 1. The molecule has 3 saturated carbocycles. The number of benzene rings is 1. The lowest BCUT2D eigenvalue weighted by atomic mass is 9.78. The molecule has 7 heteroatoms. The standard InChI is InChI=1S/C33H42N4O3/c1-22-16-27(18-34-32(22)40-2)24-8-6-23(7-9-24)20-36(33(39)25-10-14-31(38)15-11-25)30-5-3-4-26(17-30)28-19-35-37(21-28)29-12-13-29/h3-5,16-19,21,23-25,29,31,38H,6-15,20H2,1-2H3. The average Bonchev–Trinajstić information content (AvgIpc) is 3.72. The van der Waals surface area contributed by atoms with E-state index in [1.165, 1.54) is 18.4 Å². The van der Waals surface area contributed by atoms with Crippen molar-refractivity contribution in [3.63, 3.8) is 0 Å². The van der Waals surface area contributed by atoms with Gasteiger partial charge in [0.1, 0.15) is 0 Å². The van der Waals surface area contributed by atoms with Gasteiger partial charge in [0.25, 0.3) is 0 Å². The first-order chi connectivity index (χ1) is 19.5. The lowest BCUT2D eigenvalue weighted by Crippen LogP contribution is -2.41. The van der Waals surface area contributed by atoms with Crippen molar-refractivity contribution in [2.75, 3.05) is 18.6 Å². The van der Waals surface area contributed by atoms with E-state index in [9.17, 15) is 9.90 Å². The maximum absolute atomic E-state index is 14.0. The Bertz CT molecular complexity index is 1320. The van der Waals surface area contributed by atoms with Crippen LogP contribution in [0.25, 0.3) is 11.1 Å². The summed E-state index contributed by atoms with van der Waals surface area (Å²) in [6.45, 7) is 2.80. The van der Waals surface area contributed by atoms with Gasteiger partial charge in [0.2, 0.25) is 11.8 Å². The maximum atomic E-state index is 14.0.